The Morgan fingerprint density at radius 1 is 1.67 bits per heavy atom. The predicted octanol–water partition coefficient (Wildman–Crippen LogP) is 0.744. The summed E-state index contributed by atoms with van der Waals surface area (Å²) in [7, 11) is 0. The number of aromatic nitrogens is 1. The number of hydrogen-bond donors (Lipinski definition) is 2. The smallest absolute Gasteiger partial charge is 0.221 e. The van der Waals surface area contributed by atoms with E-state index >= 15 is 0 Å². The Balaban J connectivity index is 2.44. The van der Waals surface area contributed by atoms with E-state index in [1.807, 2.05) is 19.9 Å². The van der Waals surface area contributed by atoms with Gasteiger partial charge in [-0.1, -0.05) is 0 Å². The first-order valence-corrected chi connectivity index (χ1v) is 5.01. The van der Waals surface area contributed by atoms with E-state index in [1.54, 1.807) is 12.4 Å². The molecule has 0 aliphatic heterocycles. The molecule has 3 N–H and O–H groups in total. The van der Waals surface area contributed by atoms with Gasteiger partial charge in [0.2, 0.25) is 5.91 Å². The van der Waals surface area contributed by atoms with Crippen LogP contribution in [-0.2, 0) is 11.3 Å². The van der Waals surface area contributed by atoms with Crippen molar-refractivity contribution in [3.8, 4) is 0 Å². The lowest BCUT2D eigenvalue weighted by Gasteiger charge is -2.08. The van der Waals surface area contributed by atoms with E-state index in [1.165, 1.54) is 0 Å². The number of amides is 1. The van der Waals surface area contributed by atoms with Crippen LogP contribution in [0.1, 0.15) is 24.5 Å². The second kappa shape index (κ2) is 5.46. The highest BCUT2D eigenvalue weighted by atomic mass is 16.1. The quantitative estimate of drug-likeness (QED) is 0.765. The first-order valence-electron chi connectivity index (χ1n) is 5.01. The molecular formula is C11H17N3O. The van der Waals surface area contributed by atoms with Crippen molar-refractivity contribution in [3.05, 3.63) is 29.6 Å². The molecule has 0 spiro atoms. The largest absolute Gasteiger partial charge is 0.352 e. The van der Waals surface area contributed by atoms with Crippen LogP contribution >= 0.6 is 0 Å². The number of carbonyl (C=O) groups excluding carboxylic acids is 1. The van der Waals surface area contributed by atoms with Crippen molar-refractivity contribution in [1.82, 2.24) is 10.3 Å². The van der Waals surface area contributed by atoms with Gasteiger partial charge in [-0.05, 0) is 31.0 Å². The van der Waals surface area contributed by atoms with E-state index in [9.17, 15) is 4.79 Å². The number of nitrogens with two attached hydrogens (primary N) is 1. The zero-order chi connectivity index (χ0) is 11.3. The topological polar surface area (TPSA) is 68.0 Å². The lowest BCUT2D eigenvalue weighted by molar-refractivity contribution is -0.121. The van der Waals surface area contributed by atoms with Crippen molar-refractivity contribution in [2.24, 2.45) is 5.73 Å². The van der Waals surface area contributed by atoms with Gasteiger partial charge in [0, 0.05) is 31.4 Å². The fourth-order valence-corrected chi connectivity index (χ4v) is 1.26. The molecule has 1 amide bonds. The third-order valence-electron chi connectivity index (χ3n) is 2.12. The molecule has 1 aromatic heterocycles. The van der Waals surface area contributed by atoms with Crippen LogP contribution in [0.25, 0.3) is 0 Å². The summed E-state index contributed by atoms with van der Waals surface area (Å²) >= 11 is 0. The summed E-state index contributed by atoms with van der Waals surface area (Å²) in [4.78, 5) is 15.3. The van der Waals surface area contributed by atoms with Crippen LogP contribution < -0.4 is 11.1 Å². The molecule has 0 radical (unpaired) electrons. The van der Waals surface area contributed by atoms with Crippen LogP contribution in [0.3, 0.4) is 0 Å². The van der Waals surface area contributed by atoms with Crippen LogP contribution in [0.15, 0.2) is 18.5 Å². The summed E-state index contributed by atoms with van der Waals surface area (Å²) < 4.78 is 0. The highest BCUT2D eigenvalue weighted by Gasteiger charge is 2.05. The summed E-state index contributed by atoms with van der Waals surface area (Å²) in [6.45, 7) is 4.33. The maximum Gasteiger partial charge on any atom is 0.221 e. The summed E-state index contributed by atoms with van der Waals surface area (Å²) in [6.07, 6.45) is 3.87. The van der Waals surface area contributed by atoms with Gasteiger partial charge in [-0.15, -0.1) is 0 Å². The molecule has 0 fully saturated rings. The van der Waals surface area contributed by atoms with Crippen molar-refractivity contribution in [2.45, 2.75) is 32.9 Å². The Bertz CT molecular complexity index is 336. The normalized spacial score (nSPS) is 12.2. The molecule has 15 heavy (non-hydrogen) atoms. The molecule has 0 saturated carbocycles. The first kappa shape index (κ1) is 11.7. The minimum Gasteiger partial charge on any atom is -0.352 e. The Hall–Kier alpha value is -1.42. The van der Waals surface area contributed by atoms with Gasteiger partial charge in [-0.3, -0.25) is 9.78 Å². The summed E-state index contributed by atoms with van der Waals surface area (Å²) in [6, 6.07) is 1.81. The van der Waals surface area contributed by atoms with Gasteiger partial charge in [0.25, 0.3) is 0 Å². The molecule has 1 atom stereocenters. The Morgan fingerprint density at radius 3 is 3.00 bits per heavy atom. The van der Waals surface area contributed by atoms with Gasteiger partial charge in [-0.2, -0.15) is 0 Å². The number of nitrogens with one attached hydrogen (secondary N) is 1. The molecule has 4 heteroatoms. The summed E-state index contributed by atoms with van der Waals surface area (Å²) in [5, 5.41) is 2.82. The molecule has 4 nitrogen and oxygen atoms in total. The number of carbonyl (C=O) groups is 1. The van der Waals surface area contributed by atoms with Crippen molar-refractivity contribution in [1.29, 1.82) is 0 Å². The number of hydrogen-bond acceptors (Lipinski definition) is 3. The van der Waals surface area contributed by atoms with Gasteiger partial charge < -0.3 is 11.1 Å². The molecule has 1 rings (SSSR count). The Labute approximate surface area is 89.9 Å². The number of nitrogens with zero attached hydrogens (tertiary/aromatic N) is 1. The van der Waals surface area contributed by atoms with Crippen LogP contribution in [0.5, 0.6) is 0 Å². The molecule has 0 aliphatic carbocycles. The Morgan fingerprint density at radius 2 is 2.40 bits per heavy atom. The third kappa shape index (κ3) is 4.08. The minimum atomic E-state index is -0.0939. The van der Waals surface area contributed by atoms with Gasteiger partial charge in [-0.25, -0.2) is 0 Å². The maximum absolute atomic E-state index is 11.3. The minimum absolute atomic E-state index is 0.0128. The average Bonchev–Trinajstić information content (AvgIpc) is 2.15. The van der Waals surface area contributed by atoms with Crippen molar-refractivity contribution in [2.75, 3.05) is 0 Å². The van der Waals surface area contributed by atoms with E-state index in [0.29, 0.717) is 13.0 Å². The maximum atomic E-state index is 11.3. The van der Waals surface area contributed by atoms with Crippen LogP contribution in [0.2, 0.25) is 0 Å². The number of pyridine rings is 1. The molecule has 0 aliphatic rings. The summed E-state index contributed by atoms with van der Waals surface area (Å²) in [5.74, 6) is -0.0128. The van der Waals surface area contributed by atoms with Crippen molar-refractivity contribution in [3.63, 3.8) is 0 Å². The molecule has 1 unspecified atom stereocenters. The zero-order valence-electron chi connectivity index (χ0n) is 9.16. The highest BCUT2D eigenvalue weighted by Crippen LogP contribution is 2.04. The molecule has 0 bridgehead atoms. The Kier molecular flexibility index (Phi) is 4.24. The van der Waals surface area contributed by atoms with E-state index in [2.05, 4.69) is 10.3 Å². The molecule has 1 aromatic rings. The fourth-order valence-electron chi connectivity index (χ4n) is 1.26. The molecule has 82 valence electrons. The fraction of sp³-hybridized carbons (Fsp3) is 0.455. The monoisotopic (exact) mass is 207 g/mol. The van der Waals surface area contributed by atoms with E-state index < -0.39 is 0 Å². The van der Waals surface area contributed by atoms with E-state index in [4.69, 9.17) is 5.73 Å². The first-order chi connectivity index (χ1) is 7.09. The summed E-state index contributed by atoms with van der Waals surface area (Å²) in [5.41, 5.74) is 7.69. The highest BCUT2D eigenvalue weighted by molar-refractivity contribution is 5.76. The molecule has 0 aromatic carbocycles. The van der Waals surface area contributed by atoms with Crippen LogP contribution in [0.4, 0.5) is 0 Å². The molecule has 0 saturated heterocycles. The second-order valence-corrected chi connectivity index (χ2v) is 3.76. The number of rotatable bonds is 4. The molecular weight excluding hydrogens is 190 g/mol. The third-order valence-corrected chi connectivity index (χ3v) is 2.12. The average molecular weight is 207 g/mol. The molecule has 1 heterocycles. The van der Waals surface area contributed by atoms with Crippen LogP contribution in [0, 0.1) is 6.92 Å². The lowest BCUT2D eigenvalue weighted by Crippen LogP contribution is -2.29. The zero-order valence-corrected chi connectivity index (χ0v) is 9.16. The SMILES string of the molecule is Cc1cnccc1CNC(=O)CC(C)N. The van der Waals surface area contributed by atoms with Gasteiger partial charge in [0.05, 0.1) is 0 Å². The lowest BCUT2D eigenvalue weighted by atomic mass is 10.1. The van der Waals surface area contributed by atoms with Gasteiger partial charge in [0.15, 0.2) is 0 Å². The van der Waals surface area contributed by atoms with Gasteiger partial charge >= 0.3 is 0 Å². The van der Waals surface area contributed by atoms with E-state index in [-0.39, 0.29) is 11.9 Å². The van der Waals surface area contributed by atoms with Gasteiger partial charge in [0.1, 0.15) is 0 Å². The second-order valence-electron chi connectivity index (χ2n) is 3.76. The van der Waals surface area contributed by atoms with Crippen molar-refractivity contribution < 1.29 is 4.79 Å². The van der Waals surface area contributed by atoms with Crippen LogP contribution in [-0.4, -0.2) is 16.9 Å². The van der Waals surface area contributed by atoms with Crippen molar-refractivity contribution >= 4 is 5.91 Å². The number of aryl methyl sites for hydroxylation is 1. The van der Waals surface area contributed by atoms with E-state index in [0.717, 1.165) is 11.1 Å². The standard InChI is InChI=1S/C11H17N3O/c1-8-6-13-4-3-10(8)7-14-11(15)5-9(2)12/h3-4,6,9H,5,7,12H2,1-2H3,(H,14,15). The predicted molar refractivity (Wildman–Crippen MR) is 59.1 cm³/mol.